The quantitative estimate of drug-likeness (QED) is 0.388. The highest BCUT2D eigenvalue weighted by Gasteiger charge is 2.52. The molecule has 3 aromatic heterocycles. The molecule has 0 unspecified atom stereocenters. The molecule has 1 amide bonds. The summed E-state index contributed by atoms with van der Waals surface area (Å²) in [6.07, 6.45) is 6.49. The summed E-state index contributed by atoms with van der Waals surface area (Å²) in [4.78, 5) is 23.7. The van der Waals surface area contributed by atoms with Crippen LogP contribution in [0.1, 0.15) is 28.0 Å². The molecule has 206 valence electrons. The predicted octanol–water partition coefficient (Wildman–Crippen LogP) is 2.99. The molecule has 0 bridgehead atoms. The van der Waals surface area contributed by atoms with Crippen LogP contribution < -0.4 is 4.90 Å². The Labute approximate surface area is 223 Å². The maximum Gasteiger partial charge on any atom is 0.408 e. The van der Waals surface area contributed by atoms with E-state index in [-0.39, 0.29) is 34.9 Å². The Morgan fingerprint density at radius 3 is 2.54 bits per heavy atom. The third kappa shape index (κ3) is 5.00. The highest BCUT2D eigenvalue weighted by atomic mass is 32.2. The van der Waals surface area contributed by atoms with Gasteiger partial charge >= 0.3 is 6.18 Å². The molecule has 1 atom stereocenters. The van der Waals surface area contributed by atoms with Crippen LogP contribution in [0.3, 0.4) is 0 Å². The molecule has 0 aliphatic carbocycles. The molecule has 0 fully saturated rings. The van der Waals surface area contributed by atoms with Crippen LogP contribution in [0, 0.1) is 19.3 Å². The van der Waals surface area contributed by atoms with Crippen LogP contribution in [0.2, 0.25) is 0 Å². The zero-order valence-corrected chi connectivity index (χ0v) is 22.3. The first kappa shape index (κ1) is 28.2. The van der Waals surface area contributed by atoms with Crippen LogP contribution in [-0.4, -0.2) is 72.4 Å². The Bertz CT molecular complexity index is 1580. The van der Waals surface area contributed by atoms with Crippen molar-refractivity contribution >= 4 is 21.6 Å². The Balaban J connectivity index is 1.89. The lowest BCUT2D eigenvalue weighted by Crippen LogP contribution is -2.44. The van der Waals surface area contributed by atoms with Crippen LogP contribution in [-0.2, 0) is 26.8 Å². The summed E-state index contributed by atoms with van der Waals surface area (Å²) in [5.74, 6) is 2.09. The predicted molar refractivity (Wildman–Crippen MR) is 135 cm³/mol. The number of pyridine rings is 2. The third-order valence-corrected chi connectivity index (χ3v) is 8.10. The number of hydrogen-bond donors (Lipinski definition) is 0. The largest absolute Gasteiger partial charge is 0.408 e. The Morgan fingerprint density at radius 2 is 1.92 bits per heavy atom. The SMILES string of the molecule is C#C[C@]1(CCOC)c2nc(-c3cncc(S(=O)(=O)N(C)C)c3)cc(C)c2C(=O)N1c1cnn(CC(F)(F)F)c1. The number of methoxy groups -OCH3 is 1. The summed E-state index contributed by atoms with van der Waals surface area (Å²) >= 11 is 0. The van der Waals surface area contributed by atoms with Gasteiger partial charge in [-0.05, 0) is 24.6 Å². The van der Waals surface area contributed by atoms with Gasteiger partial charge in [-0.15, -0.1) is 6.42 Å². The van der Waals surface area contributed by atoms with Gasteiger partial charge in [-0.25, -0.2) is 17.7 Å². The molecule has 4 rings (SSSR count). The van der Waals surface area contributed by atoms with Gasteiger partial charge in [-0.3, -0.25) is 19.4 Å². The standard InChI is InChI=1S/C25H25F3N6O4S/c1-6-24(7-8-38-5)22-21(23(35)34(24)18-12-30-33(14-18)15-25(26,27)28)16(2)9-20(31-22)17-10-19(13-29-11-17)39(36,37)32(3)4/h1,9-14H,7-8,15H2,2-5H3/t24-/m0/s1. The first-order valence-corrected chi connectivity index (χ1v) is 13.0. The van der Waals surface area contributed by atoms with E-state index in [4.69, 9.17) is 16.1 Å². The fraction of sp³-hybridized carbons (Fsp3) is 0.360. The number of ether oxygens (including phenoxy) is 1. The molecule has 14 heteroatoms. The number of carbonyl (C=O) groups excluding carboxylic acids is 1. The number of nitrogens with zero attached hydrogens (tertiary/aromatic N) is 6. The Kier molecular flexibility index (Phi) is 7.28. The van der Waals surface area contributed by atoms with Crippen molar-refractivity contribution in [2.75, 3.05) is 32.7 Å². The summed E-state index contributed by atoms with van der Waals surface area (Å²) in [6, 6.07) is 3.02. The lowest BCUT2D eigenvalue weighted by molar-refractivity contribution is -0.142. The lowest BCUT2D eigenvalue weighted by Gasteiger charge is -2.33. The zero-order valence-electron chi connectivity index (χ0n) is 21.5. The van der Waals surface area contributed by atoms with Crippen molar-refractivity contribution in [2.45, 2.75) is 36.5 Å². The van der Waals surface area contributed by atoms with E-state index < -0.39 is 34.2 Å². The van der Waals surface area contributed by atoms with E-state index in [0.29, 0.717) is 21.5 Å². The number of carbonyl (C=O) groups is 1. The van der Waals surface area contributed by atoms with Crippen molar-refractivity contribution in [1.82, 2.24) is 24.1 Å². The van der Waals surface area contributed by atoms with Crippen LogP contribution in [0.25, 0.3) is 11.3 Å². The van der Waals surface area contributed by atoms with Gasteiger partial charge in [-0.1, -0.05) is 5.92 Å². The average Bonchev–Trinajstić information content (AvgIpc) is 3.41. The first-order valence-electron chi connectivity index (χ1n) is 11.6. The van der Waals surface area contributed by atoms with Gasteiger partial charge in [0.1, 0.15) is 11.4 Å². The fourth-order valence-corrected chi connectivity index (χ4v) is 5.34. The zero-order chi connectivity index (χ0) is 28.8. The summed E-state index contributed by atoms with van der Waals surface area (Å²) in [6.45, 7) is 0.431. The number of hydrogen-bond acceptors (Lipinski definition) is 7. The van der Waals surface area contributed by atoms with Crippen molar-refractivity contribution < 1.29 is 31.1 Å². The number of halogens is 3. The number of fused-ring (bicyclic) bond motifs is 1. The summed E-state index contributed by atoms with van der Waals surface area (Å²) in [7, 11) is 0.453. The second-order valence-electron chi connectivity index (χ2n) is 9.14. The van der Waals surface area contributed by atoms with Crippen molar-refractivity contribution in [1.29, 1.82) is 0 Å². The molecule has 1 aliphatic heterocycles. The second-order valence-corrected chi connectivity index (χ2v) is 11.3. The van der Waals surface area contributed by atoms with Crippen molar-refractivity contribution in [3.8, 4) is 23.6 Å². The maximum atomic E-state index is 13.8. The van der Waals surface area contributed by atoms with Gasteiger partial charge in [0.15, 0.2) is 5.54 Å². The molecule has 39 heavy (non-hydrogen) atoms. The van der Waals surface area contributed by atoms with Gasteiger partial charge in [-0.2, -0.15) is 18.3 Å². The lowest BCUT2D eigenvalue weighted by atomic mass is 9.89. The Morgan fingerprint density at radius 1 is 1.21 bits per heavy atom. The molecule has 0 saturated heterocycles. The van der Waals surface area contributed by atoms with E-state index in [9.17, 15) is 26.4 Å². The summed E-state index contributed by atoms with van der Waals surface area (Å²) in [5, 5.41) is 3.77. The number of alkyl halides is 3. The first-order chi connectivity index (χ1) is 18.2. The number of amides is 1. The molecule has 0 radical (unpaired) electrons. The second kappa shape index (κ2) is 10.1. The number of rotatable bonds is 8. The van der Waals surface area contributed by atoms with Gasteiger partial charge in [0.25, 0.3) is 5.91 Å². The third-order valence-electron chi connectivity index (χ3n) is 6.32. The van der Waals surface area contributed by atoms with E-state index in [0.717, 1.165) is 16.7 Å². The molecule has 10 nitrogen and oxygen atoms in total. The molecular weight excluding hydrogens is 537 g/mol. The number of sulfonamides is 1. The van der Waals surface area contributed by atoms with Gasteiger partial charge in [0, 0.05) is 58.4 Å². The van der Waals surface area contributed by atoms with E-state index in [1.807, 2.05) is 0 Å². The topological polar surface area (TPSA) is 111 Å². The minimum atomic E-state index is -4.52. The van der Waals surface area contributed by atoms with Gasteiger partial charge in [0.2, 0.25) is 10.0 Å². The molecule has 0 aromatic carbocycles. The fourth-order valence-electron chi connectivity index (χ4n) is 4.45. The Hall–Kier alpha value is -3.80. The van der Waals surface area contributed by atoms with Crippen LogP contribution in [0.15, 0.2) is 41.8 Å². The number of anilines is 1. The number of terminal acetylenes is 1. The summed E-state index contributed by atoms with van der Waals surface area (Å²) < 4.78 is 71.2. The minimum absolute atomic E-state index is 0.0534. The van der Waals surface area contributed by atoms with E-state index in [1.165, 1.54) is 44.6 Å². The van der Waals surface area contributed by atoms with Crippen molar-refractivity contribution in [3.63, 3.8) is 0 Å². The van der Waals surface area contributed by atoms with Gasteiger partial charge in [0.05, 0.1) is 28.8 Å². The highest BCUT2D eigenvalue weighted by molar-refractivity contribution is 7.89. The molecule has 0 saturated carbocycles. The molecule has 0 N–H and O–H groups in total. The van der Waals surface area contributed by atoms with E-state index in [2.05, 4.69) is 16.0 Å². The normalized spacial score (nSPS) is 17.5. The van der Waals surface area contributed by atoms with Crippen LogP contribution in [0.5, 0.6) is 0 Å². The van der Waals surface area contributed by atoms with Gasteiger partial charge < -0.3 is 4.74 Å². The average molecular weight is 563 g/mol. The maximum absolute atomic E-state index is 13.8. The van der Waals surface area contributed by atoms with E-state index in [1.54, 1.807) is 13.0 Å². The molecule has 0 spiro atoms. The van der Waals surface area contributed by atoms with Crippen molar-refractivity contribution in [3.05, 3.63) is 53.7 Å². The van der Waals surface area contributed by atoms with E-state index >= 15 is 0 Å². The molecule has 4 heterocycles. The van der Waals surface area contributed by atoms with Crippen LogP contribution in [0.4, 0.5) is 18.9 Å². The summed E-state index contributed by atoms with van der Waals surface area (Å²) in [5.41, 5.74) is 0.115. The monoisotopic (exact) mass is 562 g/mol. The highest BCUT2D eigenvalue weighted by Crippen LogP contribution is 2.45. The number of aryl methyl sites for hydroxylation is 1. The number of aromatic nitrogens is 4. The minimum Gasteiger partial charge on any atom is -0.385 e. The molecule has 3 aromatic rings. The smallest absolute Gasteiger partial charge is 0.385 e. The van der Waals surface area contributed by atoms with Crippen LogP contribution >= 0.6 is 0 Å². The van der Waals surface area contributed by atoms with Crippen molar-refractivity contribution in [2.24, 2.45) is 0 Å². The molecule has 1 aliphatic rings. The molecular formula is C25H25F3N6O4S.